The average molecular weight is 363 g/mol. The second-order valence-corrected chi connectivity index (χ2v) is 5.56. The quantitative estimate of drug-likeness (QED) is 0.769. The van der Waals surface area contributed by atoms with Crippen molar-refractivity contribution in [1.29, 1.82) is 0 Å². The third kappa shape index (κ3) is 5.27. The summed E-state index contributed by atoms with van der Waals surface area (Å²) in [6, 6.07) is 9.64. The molecule has 0 bridgehead atoms. The van der Waals surface area contributed by atoms with Gasteiger partial charge in [-0.2, -0.15) is 0 Å². The van der Waals surface area contributed by atoms with E-state index in [1.165, 1.54) is 38.3 Å². The first-order chi connectivity index (χ1) is 12.4. The highest BCUT2D eigenvalue weighted by atomic mass is 19.1. The molecular weight excluding hydrogens is 344 g/mol. The third-order valence-electron chi connectivity index (χ3n) is 3.68. The van der Waals surface area contributed by atoms with Crippen LogP contribution in [0.25, 0.3) is 0 Å². The van der Waals surface area contributed by atoms with Gasteiger partial charge in [0.05, 0.1) is 12.7 Å². The average Bonchev–Trinajstić information content (AvgIpc) is 2.62. The second-order valence-electron chi connectivity index (χ2n) is 5.56. The number of benzene rings is 2. The number of amides is 1. The van der Waals surface area contributed by atoms with E-state index < -0.39 is 23.8 Å². The summed E-state index contributed by atoms with van der Waals surface area (Å²) in [7, 11) is 1.38. The lowest BCUT2D eigenvalue weighted by atomic mass is 10.1. The summed E-state index contributed by atoms with van der Waals surface area (Å²) in [5, 5.41) is 2.61. The number of hydrogen-bond donors (Lipinski definition) is 1. The van der Waals surface area contributed by atoms with Crippen molar-refractivity contribution >= 4 is 11.9 Å². The van der Waals surface area contributed by atoms with Gasteiger partial charge in [-0.1, -0.05) is 12.1 Å². The fraction of sp³-hybridized carbons (Fsp3) is 0.263. The molecule has 0 aliphatic heterocycles. The molecule has 2 aromatic carbocycles. The maximum Gasteiger partial charge on any atom is 0.341 e. The zero-order chi connectivity index (χ0) is 19.1. The molecule has 0 saturated carbocycles. The van der Waals surface area contributed by atoms with E-state index in [-0.39, 0.29) is 17.1 Å². The molecule has 0 saturated heterocycles. The molecule has 2 aromatic rings. The van der Waals surface area contributed by atoms with Gasteiger partial charge in [-0.15, -0.1) is 0 Å². The molecular formula is C19H19F2NO4. The van der Waals surface area contributed by atoms with E-state index in [1.807, 2.05) is 0 Å². The highest BCUT2D eigenvalue weighted by Crippen LogP contribution is 2.17. The number of halogens is 2. The van der Waals surface area contributed by atoms with Gasteiger partial charge in [-0.25, -0.2) is 13.6 Å². The van der Waals surface area contributed by atoms with Gasteiger partial charge in [-0.3, -0.25) is 4.79 Å². The van der Waals surface area contributed by atoms with Crippen molar-refractivity contribution in [1.82, 2.24) is 5.32 Å². The molecule has 7 heteroatoms. The Labute approximate surface area is 149 Å². The van der Waals surface area contributed by atoms with Crippen LogP contribution in [-0.4, -0.2) is 31.6 Å². The molecule has 0 spiro atoms. The Balaban J connectivity index is 1.84. The fourth-order valence-corrected chi connectivity index (χ4v) is 2.19. The predicted molar refractivity (Wildman–Crippen MR) is 90.9 cm³/mol. The van der Waals surface area contributed by atoms with Gasteiger partial charge in [0, 0.05) is 12.6 Å². The second kappa shape index (κ2) is 8.94. The van der Waals surface area contributed by atoms with Gasteiger partial charge in [0.1, 0.15) is 17.4 Å². The lowest BCUT2D eigenvalue weighted by Crippen LogP contribution is -2.37. The van der Waals surface area contributed by atoms with Crippen LogP contribution >= 0.6 is 0 Å². The Morgan fingerprint density at radius 1 is 1.12 bits per heavy atom. The summed E-state index contributed by atoms with van der Waals surface area (Å²) < 4.78 is 36.5. The normalized spacial score (nSPS) is 11.5. The first kappa shape index (κ1) is 19.4. The summed E-state index contributed by atoms with van der Waals surface area (Å²) in [6.45, 7) is 1.69. The van der Waals surface area contributed by atoms with Crippen LogP contribution in [-0.2, 0) is 16.0 Å². The van der Waals surface area contributed by atoms with E-state index in [4.69, 9.17) is 9.47 Å². The van der Waals surface area contributed by atoms with E-state index in [1.54, 1.807) is 12.1 Å². The maximum atomic E-state index is 13.8. The van der Waals surface area contributed by atoms with E-state index in [9.17, 15) is 18.4 Å². The predicted octanol–water partition coefficient (Wildman–Crippen LogP) is 2.88. The minimum absolute atomic E-state index is 0.269. The summed E-state index contributed by atoms with van der Waals surface area (Å²) in [5.41, 5.74) is 0.577. The number of rotatable bonds is 7. The van der Waals surface area contributed by atoms with Crippen LogP contribution in [0.3, 0.4) is 0 Å². The minimum atomic E-state index is -1.09. The smallest absolute Gasteiger partial charge is 0.341 e. The summed E-state index contributed by atoms with van der Waals surface area (Å²) in [5.74, 6) is -2.30. The Hall–Kier alpha value is -2.96. The van der Waals surface area contributed by atoms with Gasteiger partial charge >= 0.3 is 5.97 Å². The van der Waals surface area contributed by atoms with Crippen LogP contribution in [0.5, 0.6) is 5.75 Å². The molecule has 1 atom stereocenters. The maximum absolute atomic E-state index is 13.8. The molecule has 0 aliphatic carbocycles. The van der Waals surface area contributed by atoms with E-state index in [2.05, 4.69) is 5.32 Å². The highest BCUT2D eigenvalue weighted by molar-refractivity contribution is 5.92. The lowest BCUT2D eigenvalue weighted by molar-refractivity contribution is -0.129. The van der Waals surface area contributed by atoms with E-state index in [0.29, 0.717) is 13.0 Å². The zero-order valence-corrected chi connectivity index (χ0v) is 14.4. The van der Waals surface area contributed by atoms with Crippen molar-refractivity contribution in [2.24, 2.45) is 0 Å². The molecule has 1 amide bonds. The molecule has 1 N–H and O–H groups in total. The topological polar surface area (TPSA) is 64.6 Å². The zero-order valence-electron chi connectivity index (χ0n) is 14.4. The minimum Gasteiger partial charge on any atom is -0.497 e. The molecule has 138 valence electrons. The molecule has 5 nitrogen and oxygen atoms in total. The van der Waals surface area contributed by atoms with Crippen molar-refractivity contribution in [3.63, 3.8) is 0 Å². The lowest BCUT2D eigenvalue weighted by Gasteiger charge is -2.14. The summed E-state index contributed by atoms with van der Waals surface area (Å²) in [4.78, 5) is 24.0. The van der Waals surface area contributed by atoms with Crippen molar-refractivity contribution in [2.45, 2.75) is 19.4 Å². The van der Waals surface area contributed by atoms with Gasteiger partial charge in [0.2, 0.25) is 0 Å². The Morgan fingerprint density at radius 3 is 2.42 bits per heavy atom. The molecule has 0 unspecified atom stereocenters. The van der Waals surface area contributed by atoms with Crippen LogP contribution in [0.15, 0.2) is 42.5 Å². The first-order valence-corrected chi connectivity index (χ1v) is 7.97. The fourth-order valence-electron chi connectivity index (χ4n) is 2.19. The van der Waals surface area contributed by atoms with E-state index in [0.717, 1.165) is 11.6 Å². The Bertz CT molecular complexity index is 778. The number of hydrogen-bond acceptors (Lipinski definition) is 4. The summed E-state index contributed by atoms with van der Waals surface area (Å²) in [6.07, 6.45) is -0.586. The molecule has 0 aromatic heterocycles. The monoisotopic (exact) mass is 363 g/mol. The van der Waals surface area contributed by atoms with Crippen LogP contribution in [0, 0.1) is 11.6 Å². The molecule has 26 heavy (non-hydrogen) atoms. The van der Waals surface area contributed by atoms with Crippen molar-refractivity contribution in [3.05, 3.63) is 65.2 Å². The third-order valence-corrected chi connectivity index (χ3v) is 3.68. The molecule has 0 heterocycles. The molecule has 0 aliphatic rings. The van der Waals surface area contributed by atoms with Crippen LogP contribution < -0.4 is 10.1 Å². The Kier molecular flexibility index (Phi) is 6.66. The number of nitrogens with one attached hydrogen (secondary N) is 1. The SMILES string of the molecule is COc1ccc(C(=O)O[C@H](C)C(=O)NCCc2ccc(F)cc2)c(F)c1. The largest absolute Gasteiger partial charge is 0.497 e. The number of esters is 1. The number of carbonyl (C=O) groups excluding carboxylic acids is 2. The standard InChI is InChI=1S/C19H19F2NO4/c1-12(18(23)22-10-9-13-3-5-14(20)6-4-13)26-19(24)16-8-7-15(25-2)11-17(16)21/h3-8,11-12H,9-10H2,1-2H3,(H,22,23)/t12-/m1/s1. The Morgan fingerprint density at radius 2 is 1.81 bits per heavy atom. The van der Waals surface area contributed by atoms with Crippen LogP contribution in [0.1, 0.15) is 22.8 Å². The van der Waals surface area contributed by atoms with E-state index >= 15 is 0 Å². The van der Waals surface area contributed by atoms with Gasteiger partial charge in [0.15, 0.2) is 6.10 Å². The number of carbonyl (C=O) groups is 2. The van der Waals surface area contributed by atoms with Crippen molar-refractivity contribution < 1.29 is 27.8 Å². The molecule has 2 rings (SSSR count). The first-order valence-electron chi connectivity index (χ1n) is 7.97. The summed E-state index contributed by atoms with van der Waals surface area (Å²) >= 11 is 0. The van der Waals surface area contributed by atoms with Gasteiger partial charge in [-0.05, 0) is 43.2 Å². The van der Waals surface area contributed by atoms with Crippen molar-refractivity contribution in [3.8, 4) is 5.75 Å². The molecule has 0 radical (unpaired) electrons. The van der Waals surface area contributed by atoms with Crippen molar-refractivity contribution in [2.75, 3.05) is 13.7 Å². The van der Waals surface area contributed by atoms with Crippen LogP contribution in [0.2, 0.25) is 0 Å². The highest BCUT2D eigenvalue weighted by Gasteiger charge is 2.21. The molecule has 0 fully saturated rings. The van der Waals surface area contributed by atoms with Gasteiger partial charge in [0.25, 0.3) is 5.91 Å². The van der Waals surface area contributed by atoms with Gasteiger partial charge < -0.3 is 14.8 Å². The van der Waals surface area contributed by atoms with Crippen LogP contribution in [0.4, 0.5) is 8.78 Å². The number of methoxy groups -OCH3 is 1. The number of ether oxygens (including phenoxy) is 2.